The van der Waals surface area contributed by atoms with Crippen molar-refractivity contribution in [2.24, 2.45) is 7.05 Å². The van der Waals surface area contributed by atoms with Gasteiger partial charge in [0.1, 0.15) is 0 Å². The van der Waals surface area contributed by atoms with Crippen LogP contribution in [-0.2, 0) is 18.3 Å². The third kappa shape index (κ3) is 5.29. The first-order valence-electron chi connectivity index (χ1n) is 6.68. The fraction of sp³-hybridized carbons (Fsp3) is 0.769. The van der Waals surface area contributed by atoms with Gasteiger partial charge in [-0.2, -0.15) is 0 Å². The smallest absolute Gasteiger partial charge is 0.303 e. The molecule has 5 nitrogen and oxygen atoms in total. The molecule has 102 valence electrons. The SMILES string of the molecule is Cc1nnn(C)c1CCCCCCCCC(=O)O. The molecule has 0 spiro atoms. The molecule has 1 heterocycles. The third-order valence-corrected chi connectivity index (χ3v) is 3.19. The molecule has 0 aromatic carbocycles. The van der Waals surface area contributed by atoms with E-state index in [4.69, 9.17) is 5.11 Å². The maximum absolute atomic E-state index is 10.3. The lowest BCUT2D eigenvalue weighted by Gasteiger charge is -2.03. The number of carboxylic acid groups (broad SMARTS) is 1. The highest BCUT2D eigenvalue weighted by Crippen LogP contribution is 2.11. The van der Waals surface area contributed by atoms with Crippen molar-refractivity contribution in [3.63, 3.8) is 0 Å². The van der Waals surface area contributed by atoms with Crippen molar-refractivity contribution >= 4 is 5.97 Å². The number of aromatic nitrogens is 3. The van der Waals surface area contributed by atoms with Crippen LogP contribution in [0.15, 0.2) is 0 Å². The van der Waals surface area contributed by atoms with E-state index in [0.717, 1.165) is 37.8 Å². The predicted molar refractivity (Wildman–Crippen MR) is 69.4 cm³/mol. The van der Waals surface area contributed by atoms with Crippen LogP contribution < -0.4 is 0 Å². The summed E-state index contributed by atoms with van der Waals surface area (Å²) in [5.41, 5.74) is 2.25. The number of aryl methyl sites for hydroxylation is 2. The number of aliphatic carboxylic acids is 1. The first kappa shape index (κ1) is 14.7. The molecule has 0 saturated carbocycles. The van der Waals surface area contributed by atoms with Crippen molar-refractivity contribution in [2.75, 3.05) is 0 Å². The molecule has 0 radical (unpaired) electrons. The molecule has 0 bridgehead atoms. The fourth-order valence-electron chi connectivity index (χ4n) is 2.10. The van der Waals surface area contributed by atoms with Crippen LogP contribution >= 0.6 is 0 Å². The molecule has 0 aliphatic carbocycles. The average Bonchev–Trinajstić information content (AvgIpc) is 2.63. The van der Waals surface area contributed by atoms with Crippen molar-refractivity contribution in [3.05, 3.63) is 11.4 Å². The predicted octanol–water partition coefficient (Wildman–Crippen LogP) is 2.48. The highest BCUT2D eigenvalue weighted by molar-refractivity contribution is 5.66. The Kier molecular flexibility index (Phi) is 6.39. The maximum atomic E-state index is 10.3. The summed E-state index contributed by atoms with van der Waals surface area (Å²) in [6, 6.07) is 0. The Labute approximate surface area is 108 Å². The molecule has 0 unspecified atom stereocenters. The van der Waals surface area contributed by atoms with Crippen LogP contribution in [0.25, 0.3) is 0 Å². The van der Waals surface area contributed by atoms with Crippen molar-refractivity contribution < 1.29 is 9.90 Å². The van der Waals surface area contributed by atoms with Crippen LogP contribution in [0.4, 0.5) is 0 Å². The van der Waals surface area contributed by atoms with Gasteiger partial charge in [-0.3, -0.25) is 9.48 Å². The number of hydrogen-bond donors (Lipinski definition) is 1. The van der Waals surface area contributed by atoms with Crippen LogP contribution in [0, 0.1) is 6.92 Å². The molecule has 1 aromatic heterocycles. The Balaban J connectivity index is 2.01. The van der Waals surface area contributed by atoms with Crippen molar-refractivity contribution in [3.8, 4) is 0 Å². The zero-order valence-electron chi connectivity index (χ0n) is 11.4. The minimum absolute atomic E-state index is 0.305. The molecule has 1 N–H and O–H groups in total. The summed E-state index contributed by atoms with van der Waals surface area (Å²) in [7, 11) is 1.93. The summed E-state index contributed by atoms with van der Waals surface area (Å²) in [4.78, 5) is 10.3. The van der Waals surface area contributed by atoms with Crippen LogP contribution in [0.5, 0.6) is 0 Å². The minimum Gasteiger partial charge on any atom is -0.481 e. The van der Waals surface area contributed by atoms with Crippen molar-refractivity contribution in [1.29, 1.82) is 0 Å². The summed E-state index contributed by atoms with van der Waals surface area (Å²) in [5.74, 6) is -0.686. The van der Waals surface area contributed by atoms with E-state index in [9.17, 15) is 4.79 Å². The fourth-order valence-corrected chi connectivity index (χ4v) is 2.10. The zero-order chi connectivity index (χ0) is 13.4. The highest BCUT2D eigenvalue weighted by atomic mass is 16.4. The summed E-state index contributed by atoms with van der Waals surface area (Å²) in [5, 5.41) is 16.5. The van der Waals surface area contributed by atoms with Crippen molar-refractivity contribution in [1.82, 2.24) is 15.0 Å². The van der Waals surface area contributed by atoms with E-state index >= 15 is 0 Å². The van der Waals surface area contributed by atoms with Gasteiger partial charge >= 0.3 is 5.97 Å². The molecule has 0 aliphatic heterocycles. The molecule has 0 amide bonds. The average molecular weight is 253 g/mol. The van der Waals surface area contributed by atoms with Gasteiger partial charge in [0, 0.05) is 13.5 Å². The van der Waals surface area contributed by atoms with Gasteiger partial charge < -0.3 is 5.11 Å². The Hall–Kier alpha value is -1.39. The zero-order valence-corrected chi connectivity index (χ0v) is 11.4. The lowest BCUT2D eigenvalue weighted by Crippen LogP contribution is -1.99. The summed E-state index contributed by atoms with van der Waals surface area (Å²) < 4.78 is 1.85. The summed E-state index contributed by atoms with van der Waals surface area (Å²) in [6.07, 6.45) is 7.83. The van der Waals surface area contributed by atoms with E-state index in [-0.39, 0.29) is 0 Å². The molecule has 0 fully saturated rings. The van der Waals surface area contributed by atoms with Crippen molar-refractivity contribution in [2.45, 2.75) is 58.3 Å². The number of carbonyl (C=O) groups is 1. The number of carboxylic acids is 1. The molecule has 1 rings (SSSR count). The van der Waals surface area contributed by atoms with Gasteiger partial charge in [0.25, 0.3) is 0 Å². The lowest BCUT2D eigenvalue weighted by atomic mass is 10.1. The number of unbranched alkanes of at least 4 members (excludes halogenated alkanes) is 5. The van der Waals surface area contributed by atoms with Gasteiger partial charge in [0.15, 0.2) is 0 Å². The van der Waals surface area contributed by atoms with Crippen LogP contribution in [0.3, 0.4) is 0 Å². The Morgan fingerprint density at radius 3 is 2.33 bits per heavy atom. The third-order valence-electron chi connectivity index (χ3n) is 3.19. The van der Waals surface area contributed by atoms with E-state index < -0.39 is 5.97 Å². The molecule has 18 heavy (non-hydrogen) atoms. The van der Waals surface area contributed by atoms with Gasteiger partial charge in [-0.15, -0.1) is 5.10 Å². The standard InChI is InChI=1S/C13H23N3O2/c1-11-12(16(2)15-14-11)9-7-5-3-4-6-8-10-13(17)18/h3-10H2,1-2H3,(H,17,18). The maximum Gasteiger partial charge on any atom is 0.303 e. The number of hydrogen-bond acceptors (Lipinski definition) is 3. The van der Waals surface area contributed by atoms with Gasteiger partial charge in [0.05, 0.1) is 11.4 Å². The van der Waals surface area contributed by atoms with Gasteiger partial charge in [-0.1, -0.05) is 30.9 Å². The molecule has 0 aliphatic rings. The van der Waals surface area contributed by atoms with E-state index in [1.54, 1.807) is 0 Å². The van der Waals surface area contributed by atoms with Crippen LogP contribution in [0.1, 0.15) is 56.3 Å². The van der Waals surface area contributed by atoms with Crippen LogP contribution in [-0.4, -0.2) is 26.1 Å². The topological polar surface area (TPSA) is 68.0 Å². The van der Waals surface area contributed by atoms with Crippen LogP contribution in [0.2, 0.25) is 0 Å². The molecule has 0 atom stereocenters. The molecular formula is C13H23N3O2. The molecule has 1 aromatic rings. The highest BCUT2D eigenvalue weighted by Gasteiger charge is 2.05. The largest absolute Gasteiger partial charge is 0.481 e. The van der Waals surface area contributed by atoms with Gasteiger partial charge in [-0.05, 0) is 26.2 Å². The molecular weight excluding hydrogens is 230 g/mol. The lowest BCUT2D eigenvalue weighted by molar-refractivity contribution is -0.137. The monoisotopic (exact) mass is 253 g/mol. The Bertz CT molecular complexity index is 355. The first-order chi connectivity index (χ1) is 8.61. The second-order valence-corrected chi connectivity index (χ2v) is 4.76. The Morgan fingerprint density at radius 2 is 1.78 bits per heavy atom. The van der Waals surface area contributed by atoms with E-state index in [1.807, 2.05) is 18.7 Å². The molecule has 5 heteroatoms. The molecule has 0 saturated heterocycles. The number of nitrogens with zero attached hydrogens (tertiary/aromatic N) is 3. The first-order valence-corrected chi connectivity index (χ1v) is 6.68. The normalized spacial score (nSPS) is 10.8. The van der Waals surface area contributed by atoms with E-state index in [0.29, 0.717) is 6.42 Å². The number of rotatable bonds is 9. The summed E-state index contributed by atoms with van der Waals surface area (Å²) in [6.45, 7) is 1.99. The quantitative estimate of drug-likeness (QED) is 0.686. The van der Waals surface area contributed by atoms with E-state index in [1.165, 1.54) is 18.5 Å². The summed E-state index contributed by atoms with van der Waals surface area (Å²) >= 11 is 0. The second-order valence-electron chi connectivity index (χ2n) is 4.76. The van der Waals surface area contributed by atoms with Gasteiger partial charge in [-0.25, -0.2) is 0 Å². The van der Waals surface area contributed by atoms with Gasteiger partial charge in [0.2, 0.25) is 0 Å². The minimum atomic E-state index is -0.686. The Morgan fingerprint density at radius 1 is 1.17 bits per heavy atom. The van der Waals surface area contributed by atoms with E-state index in [2.05, 4.69) is 10.3 Å². The second kappa shape index (κ2) is 7.84.